The van der Waals surface area contributed by atoms with Gasteiger partial charge >= 0.3 is 0 Å². The van der Waals surface area contributed by atoms with Crippen molar-refractivity contribution in [2.45, 2.75) is 80.8 Å². The Balaban J connectivity index is 1.66. The Bertz CT molecular complexity index is 1210. The van der Waals surface area contributed by atoms with Gasteiger partial charge in [0.05, 0.1) is 20.6 Å². The molecule has 0 aromatic heterocycles. The predicted octanol–water partition coefficient (Wildman–Crippen LogP) is 7.93. The van der Waals surface area contributed by atoms with Crippen molar-refractivity contribution in [3.8, 4) is 0 Å². The number of amides is 1. The molecule has 3 heteroatoms. The number of rotatable bonds is 11. The van der Waals surface area contributed by atoms with Crippen molar-refractivity contribution in [3.63, 3.8) is 0 Å². The third-order valence-corrected chi connectivity index (χ3v) is 7.42. The molecule has 204 valence electrons. The molecule has 38 heavy (non-hydrogen) atoms. The van der Waals surface area contributed by atoms with Crippen LogP contribution in [-0.2, 0) is 13.1 Å². The molecular weight excluding hydrogens is 464 g/mol. The average Bonchev–Trinajstić information content (AvgIpc) is 2.75. The smallest absolute Gasteiger partial charge is 0.254 e. The second kappa shape index (κ2) is 12.8. The van der Waals surface area contributed by atoms with Gasteiger partial charge in [-0.2, -0.15) is 0 Å². The number of hydrogen-bond donors (Lipinski definition) is 0. The fourth-order valence-electron chi connectivity index (χ4n) is 6.06. The summed E-state index contributed by atoms with van der Waals surface area (Å²) in [5, 5.41) is 0. The van der Waals surface area contributed by atoms with Crippen LogP contribution in [0.1, 0.15) is 79.7 Å². The maximum Gasteiger partial charge on any atom is 0.254 e. The molecule has 0 bridgehead atoms. The normalized spacial score (nSPS) is 11.6. The van der Waals surface area contributed by atoms with Crippen molar-refractivity contribution in [1.29, 1.82) is 0 Å². The van der Waals surface area contributed by atoms with Gasteiger partial charge in [-0.15, -0.1) is 0 Å². The summed E-state index contributed by atoms with van der Waals surface area (Å²) in [6.45, 7) is 18.5. The number of aryl methyl sites for hydroxylation is 7. The van der Waals surface area contributed by atoms with Gasteiger partial charge in [0.15, 0.2) is 0 Å². The highest BCUT2D eigenvalue weighted by molar-refractivity contribution is 5.97. The van der Waals surface area contributed by atoms with E-state index in [1.807, 2.05) is 0 Å². The SMILES string of the molecule is Cc1cc(C)cc(CN(CCCCC[N+](C)(C)Cc2cc(C)cc(C)c2)C(=O)c2c(C)cc(C)cc2C)c1. The molecule has 0 fully saturated rings. The summed E-state index contributed by atoms with van der Waals surface area (Å²) in [5.74, 6) is 0.157. The number of carbonyl (C=O) groups excluding carboxylic acids is 1. The molecule has 0 radical (unpaired) electrons. The largest absolute Gasteiger partial charge is 0.334 e. The summed E-state index contributed by atoms with van der Waals surface area (Å²) in [7, 11) is 4.66. The van der Waals surface area contributed by atoms with Gasteiger partial charge < -0.3 is 9.38 Å². The van der Waals surface area contributed by atoms with Crippen molar-refractivity contribution in [3.05, 3.63) is 104 Å². The van der Waals surface area contributed by atoms with Crippen molar-refractivity contribution < 1.29 is 9.28 Å². The van der Waals surface area contributed by atoms with Crippen LogP contribution in [0.2, 0.25) is 0 Å². The van der Waals surface area contributed by atoms with E-state index < -0.39 is 0 Å². The van der Waals surface area contributed by atoms with Crippen LogP contribution in [0.4, 0.5) is 0 Å². The standard InChI is InChI=1S/C35H49N2O/c1-25-15-26(2)20-32(19-25)23-36(35(38)34-30(6)17-29(5)18-31(34)7)13-11-10-12-14-37(8,9)24-33-21-27(3)16-28(4)22-33/h15-22H,10-14,23-24H2,1-9H3/q+1. The highest BCUT2D eigenvalue weighted by Gasteiger charge is 2.21. The first kappa shape index (κ1) is 29.6. The quantitative estimate of drug-likeness (QED) is 0.188. The van der Waals surface area contributed by atoms with Crippen molar-refractivity contribution in [2.24, 2.45) is 0 Å². The van der Waals surface area contributed by atoms with E-state index in [1.165, 1.54) is 38.9 Å². The molecule has 0 saturated heterocycles. The molecule has 0 spiro atoms. The minimum Gasteiger partial charge on any atom is -0.334 e. The lowest BCUT2D eigenvalue weighted by atomic mass is 9.98. The predicted molar refractivity (Wildman–Crippen MR) is 162 cm³/mol. The zero-order valence-corrected chi connectivity index (χ0v) is 25.4. The molecule has 3 nitrogen and oxygen atoms in total. The van der Waals surface area contributed by atoms with Crippen LogP contribution in [0.5, 0.6) is 0 Å². The highest BCUT2D eigenvalue weighted by atomic mass is 16.2. The lowest BCUT2D eigenvalue weighted by Crippen LogP contribution is -2.39. The van der Waals surface area contributed by atoms with Gasteiger partial charge in [0.1, 0.15) is 6.54 Å². The fraction of sp³-hybridized carbons (Fsp3) is 0.457. The Morgan fingerprint density at radius 3 is 1.63 bits per heavy atom. The summed E-state index contributed by atoms with van der Waals surface area (Å²) in [6.07, 6.45) is 3.30. The van der Waals surface area contributed by atoms with E-state index in [9.17, 15) is 4.79 Å². The van der Waals surface area contributed by atoms with E-state index in [0.717, 1.165) is 60.1 Å². The Morgan fingerprint density at radius 1 is 0.632 bits per heavy atom. The Hall–Kier alpha value is -2.91. The van der Waals surface area contributed by atoms with Crippen molar-refractivity contribution in [2.75, 3.05) is 27.2 Å². The topological polar surface area (TPSA) is 20.3 Å². The van der Waals surface area contributed by atoms with E-state index >= 15 is 0 Å². The van der Waals surface area contributed by atoms with Gasteiger partial charge in [-0.25, -0.2) is 0 Å². The van der Waals surface area contributed by atoms with E-state index in [1.54, 1.807) is 0 Å². The van der Waals surface area contributed by atoms with E-state index in [2.05, 4.69) is 116 Å². The average molecular weight is 514 g/mol. The van der Waals surface area contributed by atoms with Gasteiger partial charge in [-0.1, -0.05) is 76.3 Å². The van der Waals surface area contributed by atoms with Gasteiger partial charge in [0.2, 0.25) is 0 Å². The first-order valence-electron chi connectivity index (χ1n) is 14.2. The number of carbonyl (C=O) groups is 1. The summed E-state index contributed by atoms with van der Waals surface area (Å²) < 4.78 is 0.982. The summed E-state index contributed by atoms with van der Waals surface area (Å²) in [6, 6.07) is 17.8. The minimum atomic E-state index is 0.157. The van der Waals surface area contributed by atoms with Gasteiger partial charge in [-0.3, -0.25) is 4.79 Å². The molecule has 0 aliphatic carbocycles. The second-order valence-corrected chi connectivity index (χ2v) is 12.4. The molecule has 3 aromatic carbocycles. The molecule has 0 atom stereocenters. The first-order chi connectivity index (χ1) is 17.8. The van der Waals surface area contributed by atoms with Crippen LogP contribution in [0.15, 0.2) is 48.5 Å². The molecular formula is C35H49N2O+. The molecule has 0 unspecified atom stereocenters. The Morgan fingerprint density at radius 2 is 1.11 bits per heavy atom. The van der Waals surface area contributed by atoms with Crippen LogP contribution >= 0.6 is 0 Å². The van der Waals surface area contributed by atoms with E-state index in [-0.39, 0.29) is 5.91 Å². The number of hydrogen-bond acceptors (Lipinski definition) is 1. The van der Waals surface area contributed by atoms with Crippen LogP contribution in [-0.4, -0.2) is 42.5 Å². The van der Waals surface area contributed by atoms with Crippen LogP contribution in [0.25, 0.3) is 0 Å². The summed E-state index contributed by atoms with van der Waals surface area (Å²) >= 11 is 0. The number of nitrogens with zero attached hydrogens (tertiary/aromatic N) is 2. The van der Waals surface area contributed by atoms with Crippen LogP contribution in [0, 0.1) is 48.5 Å². The zero-order chi connectivity index (χ0) is 28.0. The van der Waals surface area contributed by atoms with Gasteiger partial charge in [0.25, 0.3) is 5.91 Å². The fourth-order valence-corrected chi connectivity index (χ4v) is 6.06. The minimum absolute atomic E-state index is 0.157. The molecule has 0 heterocycles. The lowest BCUT2D eigenvalue weighted by molar-refractivity contribution is -0.903. The monoisotopic (exact) mass is 513 g/mol. The Labute approximate surface area is 232 Å². The third-order valence-electron chi connectivity index (χ3n) is 7.42. The summed E-state index contributed by atoms with van der Waals surface area (Å²) in [4.78, 5) is 16.0. The molecule has 0 saturated carbocycles. The maximum atomic E-state index is 13.9. The lowest BCUT2D eigenvalue weighted by Gasteiger charge is -2.30. The molecule has 1 amide bonds. The maximum absolute atomic E-state index is 13.9. The van der Waals surface area contributed by atoms with E-state index in [0.29, 0.717) is 6.54 Å². The summed E-state index contributed by atoms with van der Waals surface area (Å²) in [5.41, 5.74) is 12.0. The molecule has 0 aliphatic heterocycles. The highest BCUT2D eigenvalue weighted by Crippen LogP contribution is 2.22. The van der Waals surface area contributed by atoms with Crippen LogP contribution < -0.4 is 0 Å². The molecule has 3 aromatic rings. The molecule has 3 rings (SSSR count). The first-order valence-corrected chi connectivity index (χ1v) is 14.2. The number of unbranched alkanes of at least 4 members (excludes halogenated alkanes) is 2. The number of benzene rings is 3. The molecule has 0 aliphatic rings. The Kier molecular flexibility index (Phi) is 9.95. The van der Waals surface area contributed by atoms with Crippen molar-refractivity contribution in [1.82, 2.24) is 4.90 Å². The van der Waals surface area contributed by atoms with Crippen LogP contribution in [0.3, 0.4) is 0 Å². The van der Waals surface area contributed by atoms with Gasteiger partial charge in [-0.05, 0) is 84.4 Å². The third kappa shape index (κ3) is 8.56. The zero-order valence-electron chi connectivity index (χ0n) is 25.4. The molecule has 0 N–H and O–H groups in total. The number of quaternary nitrogens is 1. The van der Waals surface area contributed by atoms with E-state index in [4.69, 9.17) is 0 Å². The van der Waals surface area contributed by atoms with Gasteiger partial charge in [0, 0.05) is 24.2 Å². The second-order valence-electron chi connectivity index (χ2n) is 12.4. The van der Waals surface area contributed by atoms with Crippen molar-refractivity contribution >= 4 is 5.91 Å².